The van der Waals surface area contributed by atoms with Crippen molar-refractivity contribution in [3.8, 4) is 5.75 Å². The van der Waals surface area contributed by atoms with E-state index in [0.717, 1.165) is 24.3 Å². The number of hydrogen-bond donors (Lipinski definition) is 2. The molecular weight excluding hydrogens is 455 g/mol. The van der Waals surface area contributed by atoms with Crippen LogP contribution >= 0.6 is 15.9 Å². The fourth-order valence-corrected chi connectivity index (χ4v) is 3.84. The summed E-state index contributed by atoms with van der Waals surface area (Å²) in [4.78, 5) is 10.8. The molecule has 2 aromatic rings. The van der Waals surface area contributed by atoms with Gasteiger partial charge in [0.2, 0.25) is 10.0 Å². The molecule has 0 saturated heterocycles. The molecule has 6 nitrogen and oxygen atoms in total. The Balaban J connectivity index is 2.26. The number of halogens is 4. The lowest BCUT2D eigenvalue weighted by Crippen LogP contribution is -2.30. The van der Waals surface area contributed by atoms with E-state index in [1.165, 1.54) is 0 Å². The third-order valence-electron chi connectivity index (χ3n) is 3.29. The standard InChI is InChI=1S/C16H13BrF3NO5S/c17-11-3-1-2-10(8-11)14(9-15(22)23)21-27(24,25)13-6-4-12(5-7-13)26-16(18,19)20/h1-8,14,21H,9H2,(H,22,23)/t14-/m1/s1. The highest BCUT2D eigenvalue weighted by Crippen LogP contribution is 2.26. The minimum Gasteiger partial charge on any atom is -0.481 e. The van der Waals surface area contributed by atoms with E-state index >= 15 is 0 Å². The zero-order chi connectivity index (χ0) is 20.2. The molecule has 0 spiro atoms. The van der Waals surface area contributed by atoms with E-state index in [-0.39, 0.29) is 4.90 Å². The van der Waals surface area contributed by atoms with Crippen LogP contribution in [0.1, 0.15) is 18.0 Å². The van der Waals surface area contributed by atoms with Crippen molar-refractivity contribution < 1.29 is 36.2 Å². The lowest BCUT2D eigenvalue weighted by Gasteiger charge is -2.18. The summed E-state index contributed by atoms with van der Waals surface area (Å²) in [6, 6.07) is 8.93. The van der Waals surface area contributed by atoms with E-state index in [0.29, 0.717) is 10.0 Å². The summed E-state index contributed by atoms with van der Waals surface area (Å²) in [6.07, 6.45) is -5.42. The molecule has 27 heavy (non-hydrogen) atoms. The van der Waals surface area contributed by atoms with Crippen molar-refractivity contribution in [3.63, 3.8) is 0 Å². The smallest absolute Gasteiger partial charge is 0.481 e. The molecule has 2 aromatic carbocycles. The lowest BCUT2D eigenvalue weighted by atomic mass is 10.1. The second kappa shape index (κ2) is 8.28. The predicted molar refractivity (Wildman–Crippen MR) is 92.6 cm³/mol. The molecule has 1 atom stereocenters. The SMILES string of the molecule is O=C(O)C[C@@H](NS(=O)(=O)c1ccc(OC(F)(F)F)cc1)c1cccc(Br)c1. The highest BCUT2D eigenvalue weighted by Gasteiger charge is 2.31. The van der Waals surface area contributed by atoms with E-state index in [1.54, 1.807) is 24.3 Å². The number of hydrogen-bond acceptors (Lipinski definition) is 4. The number of sulfonamides is 1. The van der Waals surface area contributed by atoms with Crippen LogP contribution in [0.2, 0.25) is 0 Å². The van der Waals surface area contributed by atoms with Gasteiger partial charge in [0.25, 0.3) is 0 Å². The molecule has 2 N–H and O–H groups in total. The molecule has 0 aromatic heterocycles. The van der Waals surface area contributed by atoms with Gasteiger partial charge in [-0.15, -0.1) is 13.2 Å². The Morgan fingerprint density at radius 2 is 1.81 bits per heavy atom. The van der Waals surface area contributed by atoms with Gasteiger partial charge < -0.3 is 9.84 Å². The highest BCUT2D eigenvalue weighted by molar-refractivity contribution is 9.10. The number of carboxylic acid groups (broad SMARTS) is 1. The molecule has 0 bridgehead atoms. The molecule has 0 aliphatic carbocycles. The van der Waals surface area contributed by atoms with E-state index in [9.17, 15) is 26.4 Å². The average molecular weight is 468 g/mol. The van der Waals surface area contributed by atoms with Crippen molar-refractivity contribution in [2.45, 2.75) is 23.7 Å². The first-order valence-corrected chi connectivity index (χ1v) is 9.59. The summed E-state index contributed by atoms with van der Waals surface area (Å²) in [6.45, 7) is 0. The maximum atomic E-state index is 12.5. The average Bonchev–Trinajstić information content (AvgIpc) is 2.52. The first-order valence-electron chi connectivity index (χ1n) is 7.32. The molecule has 0 saturated carbocycles. The van der Waals surface area contributed by atoms with Crippen LogP contribution in [-0.4, -0.2) is 25.9 Å². The van der Waals surface area contributed by atoms with Crippen LogP contribution in [0.15, 0.2) is 57.9 Å². The maximum absolute atomic E-state index is 12.5. The van der Waals surface area contributed by atoms with E-state index in [2.05, 4.69) is 25.4 Å². The van der Waals surface area contributed by atoms with Gasteiger partial charge in [-0.05, 0) is 42.0 Å². The Labute approximate surface area is 161 Å². The highest BCUT2D eigenvalue weighted by atomic mass is 79.9. The van der Waals surface area contributed by atoms with Crippen molar-refractivity contribution in [1.29, 1.82) is 0 Å². The summed E-state index contributed by atoms with van der Waals surface area (Å²) in [7, 11) is -4.19. The molecule has 0 heterocycles. The van der Waals surface area contributed by atoms with Crippen LogP contribution in [0, 0.1) is 0 Å². The van der Waals surface area contributed by atoms with Gasteiger partial charge in [0.1, 0.15) is 5.75 Å². The Kier molecular flexibility index (Phi) is 6.50. The van der Waals surface area contributed by atoms with Crippen LogP contribution in [-0.2, 0) is 14.8 Å². The minimum absolute atomic E-state index is 0.331. The first-order chi connectivity index (χ1) is 12.5. The Hall–Kier alpha value is -2.11. The molecule has 0 amide bonds. The largest absolute Gasteiger partial charge is 0.573 e. The summed E-state index contributed by atoms with van der Waals surface area (Å²) in [5.41, 5.74) is 0.410. The number of aliphatic carboxylic acids is 1. The summed E-state index contributed by atoms with van der Waals surface area (Å²) < 4.78 is 68.1. The van der Waals surface area contributed by atoms with Gasteiger partial charge in [0.05, 0.1) is 17.4 Å². The van der Waals surface area contributed by atoms with Gasteiger partial charge >= 0.3 is 12.3 Å². The number of carboxylic acids is 1. The second-order valence-electron chi connectivity index (χ2n) is 5.35. The monoisotopic (exact) mass is 467 g/mol. The van der Waals surface area contributed by atoms with Crippen LogP contribution in [0.5, 0.6) is 5.75 Å². The van der Waals surface area contributed by atoms with Gasteiger partial charge in [-0.2, -0.15) is 0 Å². The topological polar surface area (TPSA) is 92.7 Å². The van der Waals surface area contributed by atoms with Gasteiger partial charge in [0.15, 0.2) is 0 Å². The quantitative estimate of drug-likeness (QED) is 0.645. The zero-order valence-corrected chi connectivity index (χ0v) is 15.8. The lowest BCUT2D eigenvalue weighted by molar-refractivity contribution is -0.274. The van der Waals surface area contributed by atoms with E-state index < -0.39 is 40.6 Å². The predicted octanol–water partition coefficient (Wildman–Crippen LogP) is 3.84. The number of rotatable bonds is 7. The number of benzene rings is 2. The number of alkyl halides is 3. The van der Waals surface area contributed by atoms with Crippen molar-refractivity contribution in [2.24, 2.45) is 0 Å². The molecule has 0 unspecified atom stereocenters. The van der Waals surface area contributed by atoms with Crippen LogP contribution < -0.4 is 9.46 Å². The number of nitrogens with one attached hydrogen (secondary N) is 1. The van der Waals surface area contributed by atoms with Crippen molar-refractivity contribution >= 4 is 31.9 Å². The Bertz CT molecular complexity index is 916. The molecular formula is C16H13BrF3NO5S. The third kappa shape index (κ3) is 6.52. The van der Waals surface area contributed by atoms with E-state index in [4.69, 9.17) is 5.11 Å². The van der Waals surface area contributed by atoms with Crippen LogP contribution in [0.25, 0.3) is 0 Å². The molecule has 146 valence electrons. The van der Waals surface area contributed by atoms with Crippen LogP contribution in [0.4, 0.5) is 13.2 Å². The van der Waals surface area contributed by atoms with Crippen molar-refractivity contribution in [1.82, 2.24) is 4.72 Å². The first kappa shape index (κ1) is 21.2. The minimum atomic E-state index is -4.90. The molecule has 0 fully saturated rings. The van der Waals surface area contributed by atoms with Gasteiger partial charge in [-0.3, -0.25) is 4.79 Å². The number of ether oxygens (including phenoxy) is 1. The van der Waals surface area contributed by atoms with Gasteiger partial charge in [0, 0.05) is 4.47 Å². The normalized spacial score (nSPS) is 13.2. The zero-order valence-electron chi connectivity index (χ0n) is 13.4. The molecule has 0 aliphatic heterocycles. The fourth-order valence-electron chi connectivity index (χ4n) is 2.20. The van der Waals surface area contributed by atoms with E-state index in [1.807, 2.05) is 0 Å². The molecule has 0 aliphatic rings. The van der Waals surface area contributed by atoms with Gasteiger partial charge in [-0.25, -0.2) is 13.1 Å². The number of carbonyl (C=O) groups is 1. The molecule has 0 radical (unpaired) electrons. The third-order valence-corrected chi connectivity index (χ3v) is 5.28. The van der Waals surface area contributed by atoms with Crippen molar-refractivity contribution in [2.75, 3.05) is 0 Å². The molecule has 11 heteroatoms. The van der Waals surface area contributed by atoms with Crippen molar-refractivity contribution in [3.05, 3.63) is 58.6 Å². The summed E-state index contributed by atoms with van der Waals surface area (Å²) in [5, 5.41) is 9.06. The summed E-state index contributed by atoms with van der Waals surface area (Å²) >= 11 is 3.22. The maximum Gasteiger partial charge on any atom is 0.573 e. The second-order valence-corrected chi connectivity index (χ2v) is 7.98. The summed E-state index contributed by atoms with van der Waals surface area (Å²) in [5.74, 6) is -1.80. The fraction of sp³-hybridized carbons (Fsp3) is 0.188. The van der Waals surface area contributed by atoms with Gasteiger partial charge in [-0.1, -0.05) is 28.1 Å². The molecule has 2 rings (SSSR count). The van der Waals surface area contributed by atoms with Crippen LogP contribution in [0.3, 0.4) is 0 Å². The Morgan fingerprint density at radius 3 is 2.33 bits per heavy atom. The Morgan fingerprint density at radius 1 is 1.19 bits per heavy atom.